The molecule has 1 aromatic carbocycles. The number of urea groups is 1. The Morgan fingerprint density at radius 1 is 1.16 bits per heavy atom. The van der Waals surface area contributed by atoms with E-state index in [1.165, 1.54) is 0 Å². The second-order valence-corrected chi connectivity index (χ2v) is 7.66. The van der Waals surface area contributed by atoms with Crippen molar-refractivity contribution in [2.75, 3.05) is 18.4 Å². The Kier molecular flexibility index (Phi) is 6.01. The highest BCUT2D eigenvalue weighted by Gasteiger charge is 2.25. The van der Waals surface area contributed by atoms with E-state index in [1.54, 1.807) is 17.3 Å². The van der Waals surface area contributed by atoms with Gasteiger partial charge in [-0.05, 0) is 25.3 Å². The van der Waals surface area contributed by atoms with Crippen molar-refractivity contribution < 1.29 is 9.59 Å². The predicted octanol–water partition coefficient (Wildman–Crippen LogP) is 2.34. The van der Waals surface area contributed by atoms with E-state index in [0.717, 1.165) is 35.1 Å². The van der Waals surface area contributed by atoms with Crippen molar-refractivity contribution in [1.29, 1.82) is 0 Å². The molecule has 0 unspecified atom stereocenters. The van der Waals surface area contributed by atoms with Crippen molar-refractivity contribution in [2.45, 2.75) is 38.9 Å². The highest BCUT2D eigenvalue weighted by atomic mass is 16.2. The number of fused-ring (bicyclic) bond motifs is 1. The first-order chi connectivity index (χ1) is 15.1. The van der Waals surface area contributed by atoms with Gasteiger partial charge in [0.2, 0.25) is 0 Å². The number of pyridine rings is 1. The number of hydrogen-bond acceptors (Lipinski definition) is 5. The molecule has 1 fully saturated rings. The van der Waals surface area contributed by atoms with E-state index in [2.05, 4.69) is 20.7 Å². The SMILES string of the molecule is CCn1ncc2c(NC3CCN(C(N)=O)CC3)c(C(=O)NCc3ccccc3)cnc21. The summed E-state index contributed by atoms with van der Waals surface area (Å²) in [6.45, 7) is 4.30. The first kappa shape index (κ1) is 20.6. The molecule has 3 aromatic rings. The van der Waals surface area contributed by atoms with E-state index in [4.69, 9.17) is 5.73 Å². The number of primary amides is 1. The van der Waals surface area contributed by atoms with Crippen molar-refractivity contribution in [3.05, 3.63) is 53.9 Å². The number of carbonyl (C=O) groups excluding carboxylic acids is 2. The van der Waals surface area contributed by atoms with Gasteiger partial charge in [-0.25, -0.2) is 14.5 Å². The minimum Gasteiger partial charge on any atom is -0.381 e. The second-order valence-electron chi connectivity index (χ2n) is 7.66. The lowest BCUT2D eigenvalue weighted by Gasteiger charge is -2.32. The summed E-state index contributed by atoms with van der Waals surface area (Å²) in [6, 6.07) is 9.50. The molecule has 0 saturated carbocycles. The molecule has 2 aromatic heterocycles. The van der Waals surface area contributed by atoms with Crippen LogP contribution in [-0.2, 0) is 13.1 Å². The normalized spacial score (nSPS) is 14.5. The maximum atomic E-state index is 13.1. The molecule has 0 radical (unpaired) electrons. The first-order valence-corrected chi connectivity index (χ1v) is 10.5. The Morgan fingerprint density at radius 2 is 1.90 bits per heavy atom. The summed E-state index contributed by atoms with van der Waals surface area (Å²) in [6.07, 6.45) is 4.86. The van der Waals surface area contributed by atoms with Gasteiger partial charge in [-0.1, -0.05) is 30.3 Å². The molecule has 3 heterocycles. The molecule has 0 bridgehead atoms. The lowest BCUT2D eigenvalue weighted by Crippen LogP contribution is -2.44. The summed E-state index contributed by atoms with van der Waals surface area (Å²) in [5.74, 6) is -0.195. The van der Waals surface area contributed by atoms with Crippen molar-refractivity contribution in [2.24, 2.45) is 5.73 Å². The molecule has 4 N–H and O–H groups in total. The minimum atomic E-state index is -0.394. The number of hydrogen-bond donors (Lipinski definition) is 3. The van der Waals surface area contributed by atoms with Gasteiger partial charge in [0, 0.05) is 38.4 Å². The molecular formula is C22H27N7O2. The average molecular weight is 422 g/mol. The molecule has 3 amide bonds. The number of piperidine rings is 1. The number of nitrogens with two attached hydrogens (primary N) is 1. The van der Waals surface area contributed by atoms with E-state index in [0.29, 0.717) is 31.7 Å². The lowest BCUT2D eigenvalue weighted by atomic mass is 10.0. The largest absolute Gasteiger partial charge is 0.381 e. The molecule has 1 aliphatic rings. The first-order valence-electron chi connectivity index (χ1n) is 10.5. The summed E-state index contributed by atoms with van der Waals surface area (Å²) < 4.78 is 1.81. The van der Waals surface area contributed by atoms with Gasteiger partial charge in [0.05, 0.1) is 22.8 Å². The highest BCUT2D eigenvalue weighted by Crippen LogP contribution is 2.28. The molecule has 9 nitrogen and oxygen atoms in total. The van der Waals surface area contributed by atoms with Crippen LogP contribution in [0.3, 0.4) is 0 Å². The summed E-state index contributed by atoms with van der Waals surface area (Å²) in [5.41, 5.74) is 8.37. The molecule has 0 atom stereocenters. The third-order valence-corrected chi connectivity index (χ3v) is 5.66. The fraction of sp³-hybridized carbons (Fsp3) is 0.364. The Morgan fingerprint density at radius 3 is 2.58 bits per heavy atom. The van der Waals surface area contributed by atoms with Crippen LogP contribution in [0.1, 0.15) is 35.7 Å². The van der Waals surface area contributed by atoms with Gasteiger partial charge in [-0.15, -0.1) is 0 Å². The van der Waals surface area contributed by atoms with E-state index >= 15 is 0 Å². The number of aromatic nitrogens is 3. The lowest BCUT2D eigenvalue weighted by molar-refractivity contribution is 0.0951. The fourth-order valence-electron chi connectivity index (χ4n) is 3.91. The average Bonchev–Trinajstić information content (AvgIpc) is 3.22. The van der Waals surface area contributed by atoms with E-state index in [1.807, 2.05) is 41.9 Å². The number of likely N-dealkylation sites (tertiary alicyclic amines) is 1. The second kappa shape index (κ2) is 9.03. The minimum absolute atomic E-state index is 0.117. The van der Waals surface area contributed by atoms with Gasteiger partial charge >= 0.3 is 6.03 Å². The monoisotopic (exact) mass is 421 g/mol. The molecule has 162 valence electrons. The number of carbonyl (C=O) groups is 2. The highest BCUT2D eigenvalue weighted by molar-refractivity contribution is 6.06. The molecule has 0 spiro atoms. The van der Waals surface area contributed by atoms with Crippen molar-refractivity contribution in [3.63, 3.8) is 0 Å². The number of nitrogens with one attached hydrogen (secondary N) is 2. The zero-order valence-corrected chi connectivity index (χ0v) is 17.5. The van der Waals surface area contributed by atoms with Crippen LogP contribution in [0.25, 0.3) is 11.0 Å². The third kappa shape index (κ3) is 4.45. The third-order valence-electron chi connectivity index (χ3n) is 5.66. The fourth-order valence-corrected chi connectivity index (χ4v) is 3.91. The molecule has 1 aliphatic heterocycles. The number of amides is 3. The van der Waals surface area contributed by atoms with Gasteiger partial charge in [0.25, 0.3) is 5.91 Å². The Balaban J connectivity index is 1.59. The van der Waals surface area contributed by atoms with Crippen molar-refractivity contribution >= 4 is 28.7 Å². The van der Waals surface area contributed by atoms with Gasteiger partial charge in [0.15, 0.2) is 5.65 Å². The van der Waals surface area contributed by atoms with Crippen LogP contribution in [0.2, 0.25) is 0 Å². The molecular weight excluding hydrogens is 394 g/mol. The number of nitrogens with zero attached hydrogens (tertiary/aromatic N) is 4. The number of benzene rings is 1. The van der Waals surface area contributed by atoms with Gasteiger partial charge in [0.1, 0.15) is 0 Å². The van der Waals surface area contributed by atoms with Crippen molar-refractivity contribution in [1.82, 2.24) is 25.0 Å². The van der Waals surface area contributed by atoms with Gasteiger partial charge in [-0.3, -0.25) is 4.79 Å². The Labute approximate surface area is 180 Å². The van der Waals surface area contributed by atoms with Crippen LogP contribution >= 0.6 is 0 Å². The number of rotatable bonds is 6. The maximum absolute atomic E-state index is 13.1. The van der Waals surface area contributed by atoms with E-state index in [-0.39, 0.29) is 11.9 Å². The standard InChI is InChI=1S/C22H27N7O2/c1-2-29-20-17(14-26-29)19(27-16-8-10-28(11-9-16)22(23)31)18(13-24-20)21(30)25-12-15-6-4-3-5-7-15/h3-7,13-14,16H,2,8-12H2,1H3,(H2,23,31)(H,24,27)(H,25,30). The number of anilines is 1. The quantitative estimate of drug-likeness (QED) is 0.565. The topological polar surface area (TPSA) is 118 Å². The van der Waals surface area contributed by atoms with Crippen molar-refractivity contribution in [3.8, 4) is 0 Å². The summed E-state index contributed by atoms with van der Waals surface area (Å²) >= 11 is 0. The predicted molar refractivity (Wildman–Crippen MR) is 119 cm³/mol. The maximum Gasteiger partial charge on any atom is 0.314 e. The van der Waals surface area contributed by atoms with E-state index < -0.39 is 6.03 Å². The zero-order valence-electron chi connectivity index (χ0n) is 17.5. The van der Waals surface area contributed by atoms with Crippen LogP contribution in [0.4, 0.5) is 10.5 Å². The van der Waals surface area contributed by atoms with Crippen LogP contribution in [-0.4, -0.2) is 50.7 Å². The van der Waals surface area contributed by atoms with Crippen LogP contribution in [0, 0.1) is 0 Å². The summed E-state index contributed by atoms with van der Waals surface area (Å²) in [4.78, 5) is 30.6. The Bertz CT molecular complexity index is 1070. The molecule has 4 rings (SSSR count). The Hall–Kier alpha value is -3.62. The number of aryl methyl sites for hydroxylation is 1. The summed E-state index contributed by atoms with van der Waals surface area (Å²) in [5, 5.41) is 11.7. The molecule has 31 heavy (non-hydrogen) atoms. The zero-order chi connectivity index (χ0) is 21.8. The van der Waals surface area contributed by atoms with Crippen LogP contribution in [0.15, 0.2) is 42.7 Å². The van der Waals surface area contributed by atoms with Gasteiger partial charge in [-0.2, -0.15) is 5.10 Å². The summed E-state index contributed by atoms with van der Waals surface area (Å²) in [7, 11) is 0. The molecule has 1 saturated heterocycles. The molecule has 0 aliphatic carbocycles. The molecule has 9 heteroatoms. The van der Waals surface area contributed by atoms with E-state index in [9.17, 15) is 9.59 Å². The van der Waals surface area contributed by atoms with Crippen LogP contribution < -0.4 is 16.4 Å². The van der Waals surface area contributed by atoms with Crippen LogP contribution in [0.5, 0.6) is 0 Å². The smallest absolute Gasteiger partial charge is 0.314 e. The van der Waals surface area contributed by atoms with Gasteiger partial charge < -0.3 is 21.3 Å².